The second-order valence-corrected chi connectivity index (χ2v) is 6.74. The molecule has 0 saturated carbocycles. The molecule has 0 radical (unpaired) electrons. The Morgan fingerprint density at radius 1 is 1.12 bits per heavy atom. The summed E-state index contributed by atoms with van der Waals surface area (Å²) in [5.41, 5.74) is 3.64. The highest BCUT2D eigenvalue weighted by Gasteiger charge is 2.19. The zero-order chi connectivity index (χ0) is 17.5. The fourth-order valence-electron chi connectivity index (χ4n) is 3.31. The SMILES string of the molecule is CN(CCO)c1ccc(NC2CCN(Cc3ccncc3)CC2)cc1. The number of piperidine rings is 1. The van der Waals surface area contributed by atoms with E-state index in [0.29, 0.717) is 12.6 Å². The van der Waals surface area contributed by atoms with Crippen LogP contribution in [0.4, 0.5) is 11.4 Å². The van der Waals surface area contributed by atoms with Gasteiger partial charge < -0.3 is 15.3 Å². The maximum atomic E-state index is 9.02. The topological polar surface area (TPSA) is 51.6 Å². The molecule has 0 unspecified atom stereocenters. The average Bonchev–Trinajstić information content (AvgIpc) is 2.65. The van der Waals surface area contributed by atoms with Crippen LogP contribution in [0.3, 0.4) is 0 Å². The quantitative estimate of drug-likeness (QED) is 0.811. The third-order valence-corrected chi connectivity index (χ3v) is 4.86. The van der Waals surface area contributed by atoms with Gasteiger partial charge in [0, 0.05) is 63.0 Å². The average molecular weight is 340 g/mol. The van der Waals surface area contributed by atoms with E-state index >= 15 is 0 Å². The summed E-state index contributed by atoms with van der Waals surface area (Å²) >= 11 is 0. The number of benzene rings is 1. The standard InChI is InChI=1S/C20H28N4O/c1-23(14-15-25)20-4-2-18(3-5-20)22-19-8-12-24(13-9-19)16-17-6-10-21-11-7-17/h2-7,10-11,19,22,25H,8-9,12-16H2,1H3. The second-order valence-electron chi connectivity index (χ2n) is 6.74. The van der Waals surface area contributed by atoms with Crippen LogP contribution in [0.1, 0.15) is 18.4 Å². The van der Waals surface area contributed by atoms with E-state index in [1.165, 1.54) is 11.3 Å². The molecule has 0 atom stereocenters. The number of nitrogens with one attached hydrogen (secondary N) is 1. The summed E-state index contributed by atoms with van der Waals surface area (Å²) in [4.78, 5) is 8.65. The Hall–Kier alpha value is -2.11. The molecule has 134 valence electrons. The normalized spacial score (nSPS) is 15.9. The number of pyridine rings is 1. The van der Waals surface area contributed by atoms with E-state index < -0.39 is 0 Å². The number of anilines is 2. The van der Waals surface area contributed by atoms with Crippen LogP contribution in [0, 0.1) is 0 Å². The van der Waals surface area contributed by atoms with Gasteiger partial charge in [-0.1, -0.05) is 0 Å². The maximum Gasteiger partial charge on any atom is 0.0606 e. The Labute approximate surface area is 150 Å². The molecule has 0 spiro atoms. The minimum Gasteiger partial charge on any atom is -0.395 e. The first-order valence-corrected chi connectivity index (χ1v) is 9.04. The van der Waals surface area contributed by atoms with Crippen molar-refractivity contribution in [2.45, 2.75) is 25.4 Å². The molecule has 1 fully saturated rings. The third kappa shape index (κ3) is 5.18. The van der Waals surface area contributed by atoms with Gasteiger partial charge in [-0.3, -0.25) is 9.88 Å². The minimum atomic E-state index is 0.175. The van der Waals surface area contributed by atoms with E-state index in [4.69, 9.17) is 5.11 Å². The van der Waals surface area contributed by atoms with Gasteiger partial charge in [0.15, 0.2) is 0 Å². The van der Waals surface area contributed by atoms with Crippen LogP contribution in [0.2, 0.25) is 0 Å². The molecule has 0 amide bonds. The van der Waals surface area contributed by atoms with Crippen molar-refractivity contribution in [3.05, 3.63) is 54.4 Å². The molecule has 0 bridgehead atoms. The lowest BCUT2D eigenvalue weighted by Crippen LogP contribution is -2.38. The highest BCUT2D eigenvalue weighted by molar-refractivity contribution is 5.55. The van der Waals surface area contributed by atoms with Gasteiger partial charge in [-0.25, -0.2) is 0 Å². The van der Waals surface area contributed by atoms with E-state index in [2.05, 4.69) is 56.5 Å². The largest absolute Gasteiger partial charge is 0.395 e. The number of likely N-dealkylation sites (N-methyl/N-ethyl adjacent to an activating group) is 1. The van der Waals surface area contributed by atoms with Gasteiger partial charge in [0.2, 0.25) is 0 Å². The smallest absolute Gasteiger partial charge is 0.0606 e. The predicted molar refractivity (Wildman–Crippen MR) is 103 cm³/mol. The molecule has 1 aliphatic heterocycles. The summed E-state index contributed by atoms with van der Waals surface area (Å²) in [5, 5.41) is 12.7. The van der Waals surface area contributed by atoms with Crippen LogP contribution in [-0.2, 0) is 6.54 Å². The molecule has 1 saturated heterocycles. The van der Waals surface area contributed by atoms with Crippen molar-refractivity contribution >= 4 is 11.4 Å². The highest BCUT2D eigenvalue weighted by atomic mass is 16.3. The van der Waals surface area contributed by atoms with Crippen LogP contribution < -0.4 is 10.2 Å². The van der Waals surface area contributed by atoms with E-state index in [1.54, 1.807) is 0 Å². The first-order chi connectivity index (χ1) is 12.2. The van der Waals surface area contributed by atoms with Crippen molar-refractivity contribution in [2.24, 2.45) is 0 Å². The molecule has 2 aromatic rings. The number of aliphatic hydroxyl groups is 1. The summed E-state index contributed by atoms with van der Waals surface area (Å²) in [7, 11) is 2.00. The Bertz CT molecular complexity index is 624. The van der Waals surface area contributed by atoms with Crippen LogP contribution >= 0.6 is 0 Å². The summed E-state index contributed by atoms with van der Waals surface area (Å²) < 4.78 is 0. The molecule has 0 aliphatic carbocycles. The number of nitrogens with zero attached hydrogens (tertiary/aromatic N) is 3. The fraction of sp³-hybridized carbons (Fsp3) is 0.450. The first kappa shape index (κ1) is 17.7. The number of rotatable bonds is 7. The van der Waals surface area contributed by atoms with Crippen LogP contribution in [0.25, 0.3) is 0 Å². The van der Waals surface area contributed by atoms with Gasteiger partial charge in [0.1, 0.15) is 0 Å². The molecule has 2 heterocycles. The Kier molecular flexibility index (Phi) is 6.25. The number of likely N-dealkylation sites (tertiary alicyclic amines) is 1. The third-order valence-electron chi connectivity index (χ3n) is 4.86. The van der Waals surface area contributed by atoms with Crippen molar-refractivity contribution in [3.63, 3.8) is 0 Å². The van der Waals surface area contributed by atoms with Gasteiger partial charge in [0.05, 0.1) is 6.61 Å². The van der Waals surface area contributed by atoms with Crippen molar-refractivity contribution in [3.8, 4) is 0 Å². The molecule has 3 rings (SSSR count). The van der Waals surface area contributed by atoms with Crippen LogP contribution in [0.15, 0.2) is 48.8 Å². The zero-order valence-corrected chi connectivity index (χ0v) is 14.9. The molecule has 1 aromatic heterocycles. The van der Waals surface area contributed by atoms with Crippen LogP contribution in [0.5, 0.6) is 0 Å². The summed E-state index contributed by atoms with van der Waals surface area (Å²) in [6.07, 6.45) is 6.06. The molecular weight excluding hydrogens is 312 g/mol. The number of hydrogen-bond acceptors (Lipinski definition) is 5. The Morgan fingerprint density at radius 2 is 1.80 bits per heavy atom. The lowest BCUT2D eigenvalue weighted by Gasteiger charge is -2.33. The van der Waals surface area contributed by atoms with Gasteiger partial charge in [-0.05, 0) is 54.8 Å². The Morgan fingerprint density at radius 3 is 2.44 bits per heavy atom. The predicted octanol–water partition coefficient (Wildman–Crippen LogP) is 2.59. The summed E-state index contributed by atoms with van der Waals surface area (Å²) in [6, 6.07) is 13.2. The van der Waals surface area contributed by atoms with Gasteiger partial charge in [-0.2, -0.15) is 0 Å². The van der Waals surface area contributed by atoms with Crippen molar-refractivity contribution in [2.75, 3.05) is 43.5 Å². The van der Waals surface area contributed by atoms with E-state index in [1.807, 2.05) is 19.4 Å². The molecule has 1 aliphatic rings. The second kappa shape index (κ2) is 8.83. The molecule has 1 aromatic carbocycles. The zero-order valence-electron chi connectivity index (χ0n) is 14.9. The lowest BCUT2D eigenvalue weighted by atomic mass is 10.0. The summed E-state index contributed by atoms with van der Waals surface area (Å²) in [5.74, 6) is 0. The van der Waals surface area contributed by atoms with E-state index in [0.717, 1.165) is 38.2 Å². The Balaban J connectivity index is 1.45. The number of aliphatic hydroxyl groups excluding tert-OH is 1. The molecule has 25 heavy (non-hydrogen) atoms. The molecule has 5 heteroatoms. The first-order valence-electron chi connectivity index (χ1n) is 9.04. The molecule has 5 nitrogen and oxygen atoms in total. The fourth-order valence-corrected chi connectivity index (χ4v) is 3.31. The number of hydrogen-bond donors (Lipinski definition) is 2. The molecular formula is C20H28N4O. The van der Waals surface area contributed by atoms with Gasteiger partial charge in [0.25, 0.3) is 0 Å². The minimum absolute atomic E-state index is 0.175. The van der Waals surface area contributed by atoms with Crippen LogP contribution in [-0.4, -0.2) is 54.3 Å². The van der Waals surface area contributed by atoms with E-state index in [9.17, 15) is 0 Å². The van der Waals surface area contributed by atoms with Gasteiger partial charge >= 0.3 is 0 Å². The molecule has 2 N–H and O–H groups in total. The van der Waals surface area contributed by atoms with Crippen molar-refractivity contribution < 1.29 is 5.11 Å². The van der Waals surface area contributed by atoms with Crippen molar-refractivity contribution in [1.29, 1.82) is 0 Å². The van der Waals surface area contributed by atoms with E-state index in [-0.39, 0.29) is 6.61 Å². The van der Waals surface area contributed by atoms with Gasteiger partial charge in [-0.15, -0.1) is 0 Å². The number of aromatic nitrogens is 1. The lowest BCUT2D eigenvalue weighted by molar-refractivity contribution is 0.211. The van der Waals surface area contributed by atoms with Crippen molar-refractivity contribution in [1.82, 2.24) is 9.88 Å². The summed E-state index contributed by atoms with van der Waals surface area (Å²) in [6.45, 7) is 4.09. The maximum absolute atomic E-state index is 9.02. The highest BCUT2D eigenvalue weighted by Crippen LogP contribution is 2.21. The monoisotopic (exact) mass is 340 g/mol.